The molecule has 0 spiro atoms. The van der Waals surface area contributed by atoms with Crippen LogP contribution in [0, 0.1) is 0 Å². The van der Waals surface area contributed by atoms with E-state index < -0.39 is 5.60 Å². The minimum Gasteiger partial charge on any atom is -0.484 e. The molecule has 2 atom stereocenters. The third-order valence-corrected chi connectivity index (χ3v) is 6.44. The van der Waals surface area contributed by atoms with Gasteiger partial charge in [-0.05, 0) is 91.0 Å². The van der Waals surface area contributed by atoms with E-state index >= 15 is 0 Å². The predicted molar refractivity (Wildman–Crippen MR) is 130 cm³/mol. The summed E-state index contributed by atoms with van der Waals surface area (Å²) in [6.45, 7) is 10.8. The first kappa shape index (κ1) is 25.8. The third-order valence-electron chi connectivity index (χ3n) is 6.44. The molecule has 2 saturated heterocycles. The van der Waals surface area contributed by atoms with Crippen LogP contribution in [0.25, 0.3) is 0 Å². The van der Waals surface area contributed by atoms with E-state index in [-0.39, 0.29) is 42.6 Å². The lowest BCUT2D eigenvalue weighted by Gasteiger charge is -2.38. The minimum absolute atomic E-state index is 0.000700. The predicted octanol–water partition coefficient (Wildman–Crippen LogP) is 3.98. The van der Waals surface area contributed by atoms with Crippen LogP contribution in [0.3, 0.4) is 0 Å². The molecule has 2 unspecified atom stereocenters. The van der Waals surface area contributed by atoms with E-state index in [4.69, 9.17) is 9.47 Å². The molecule has 8 nitrogen and oxygen atoms in total. The molecule has 0 radical (unpaired) electrons. The average Bonchev–Trinajstić information content (AvgIpc) is 2.77. The van der Waals surface area contributed by atoms with Crippen molar-refractivity contribution in [2.24, 2.45) is 0 Å². The van der Waals surface area contributed by atoms with Crippen molar-refractivity contribution in [1.82, 2.24) is 15.1 Å². The fourth-order valence-electron chi connectivity index (χ4n) is 4.64. The number of carbonyl (C=O) groups excluding carboxylic acids is 3. The lowest BCUT2D eigenvalue weighted by molar-refractivity contribution is -0.139. The summed E-state index contributed by atoms with van der Waals surface area (Å²) in [6, 6.07) is 7.33. The first-order valence-electron chi connectivity index (χ1n) is 12.4. The molecule has 3 amide bonds. The van der Waals surface area contributed by atoms with Crippen LogP contribution in [0.4, 0.5) is 4.79 Å². The lowest BCUT2D eigenvalue weighted by atomic mass is 9.97. The van der Waals surface area contributed by atoms with Gasteiger partial charge in [-0.25, -0.2) is 4.79 Å². The Morgan fingerprint density at radius 1 is 0.971 bits per heavy atom. The Hall–Kier alpha value is -2.77. The molecular formula is C26H39N3O5. The van der Waals surface area contributed by atoms with Gasteiger partial charge in [-0.1, -0.05) is 0 Å². The van der Waals surface area contributed by atoms with Gasteiger partial charge in [0.15, 0.2) is 6.61 Å². The standard InChI is InChI=1S/C26H39N3O5/c1-18-7-6-8-19(2)29(18)23(30)17-33-22-11-9-20(10-12-22)24(31)27-21-13-15-28(16-14-21)25(32)34-26(3,4)5/h9-12,18-19,21H,6-8,13-17H2,1-5H3,(H,27,31). The smallest absolute Gasteiger partial charge is 0.410 e. The van der Waals surface area contributed by atoms with Gasteiger partial charge in [-0.2, -0.15) is 0 Å². The summed E-state index contributed by atoms with van der Waals surface area (Å²) in [5.74, 6) is 0.404. The fourth-order valence-corrected chi connectivity index (χ4v) is 4.64. The highest BCUT2D eigenvalue weighted by molar-refractivity contribution is 5.94. The molecule has 3 rings (SSSR count). The number of carbonyl (C=O) groups is 3. The molecule has 2 fully saturated rings. The first-order valence-corrected chi connectivity index (χ1v) is 12.4. The van der Waals surface area contributed by atoms with E-state index in [1.165, 1.54) is 0 Å². The van der Waals surface area contributed by atoms with Gasteiger partial charge in [0, 0.05) is 36.8 Å². The van der Waals surface area contributed by atoms with E-state index in [2.05, 4.69) is 19.2 Å². The summed E-state index contributed by atoms with van der Waals surface area (Å²) < 4.78 is 11.1. The summed E-state index contributed by atoms with van der Waals surface area (Å²) in [5.41, 5.74) is 0.0157. The Kier molecular flexibility index (Phi) is 8.44. The highest BCUT2D eigenvalue weighted by Crippen LogP contribution is 2.23. The summed E-state index contributed by atoms with van der Waals surface area (Å²) in [5, 5.41) is 3.05. The van der Waals surface area contributed by atoms with Gasteiger partial charge in [-0.3, -0.25) is 9.59 Å². The number of hydrogen-bond acceptors (Lipinski definition) is 5. The molecule has 2 aliphatic rings. The Morgan fingerprint density at radius 3 is 2.12 bits per heavy atom. The van der Waals surface area contributed by atoms with Crippen molar-refractivity contribution >= 4 is 17.9 Å². The number of rotatable bonds is 5. The van der Waals surface area contributed by atoms with Crippen molar-refractivity contribution in [1.29, 1.82) is 0 Å². The summed E-state index contributed by atoms with van der Waals surface area (Å²) >= 11 is 0. The van der Waals surface area contributed by atoms with E-state index in [1.54, 1.807) is 29.2 Å². The van der Waals surface area contributed by atoms with Crippen LogP contribution in [-0.4, -0.2) is 71.1 Å². The van der Waals surface area contributed by atoms with Crippen LogP contribution in [0.1, 0.15) is 77.1 Å². The number of nitrogens with zero attached hydrogens (tertiary/aromatic N) is 2. The van der Waals surface area contributed by atoms with Gasteiger partial charge in [-0.15, -0.1) is 0 Å². The van der Waals surface area contributed by atoms with Crippen LogP contribution in [0.15, 0.2) is 24.3 Å². The van der Waals surface area contributed by atoms with Crippen molar-refractivity contribution in [3.63, 3.8) is 0 Å². The number of benzene rings is 1. The quantitative estimate of drug-likeness (QED) is 0.699. The molecule has 188 valence electrons. The van der Waals surface area contributed by atoms with Crippen molar-refractivity contribution < 1.29 is 23.9 Å². The van der Waals surface area contributed by atoms with Crippen molar-refractivity contribution in [3.05, 3.63) is 29.8 Å². The maximum Gasteiger partial charge on any atom is 0.410 e. The first-order chi connectivity index (χ1) is 16.0. The molecule has 0 aliphatic carbocycles. The zero-order chi connectivity index (χ0) is 24.9. The van der Waals surface area contributed by atoms with E-state index in [0.717, 1.165) is 19.3 Å². The number of piperidine rings is 2. The second kappa shape index (κ2) is 11.1. The molecule has 34 heavy (non-hydrogen) atoms. The van der Waals surface area contributed by atoms with Gasteiger partial charge in [0.25, 0.3) is 11.8 Å². The monoisotopic (exact) mass is 473 g/mol. The summed E-state index contributed by atoms with van der Waals surface area (Å²) in [4.78, 5) is 41.1. The zero-order valence-electron chi connectivity index (χ0n) is 21.1. The van der Waals surface area contributed by atoms with Crippen molar-refractivity contribution in [3.8, 4) is 5.75 Å². The number of hydrogen-bond donors (Lipinski definition) is 1. The molecular weight excluding hydrogens is 434 g/mol. The normalized spacial score (nSPS) is 21.7. The van der Waals surface area contributed by atoms with E-state index in [1.807, 2.05) is 25.7 Å². The van der Waals surface area contributed by atoms with Crippen LogP contribution in [0.2, 0.25) is 0 Å². The highest BCUT2D eigenvalue weighted by Gasteiger charge is 2.29. The van der Waals surface area contributed by atoms with Gasteiger partial charge in [0.05, 0.1) is 0 Å². The zero-order valence-corrected chi connectivity index (χ0v) is 21.1. The van der Waals surface area contributed by atoms with E-state index in [9.17, 15) is 14.4 Å². The molecule has 2 heterocycles. The number of ether oxygens (including phenoxy) is 2. The molecule has 0 aromatic heterocycles. The lowest BCUT2D eigenvalue weighted by Crippen LogP contribution is -2.49. The largest absolute Gasteiger partial charge is 0.484 e. The Labute approximate surface area is 202 Å². The van der Waals surface area contributed by atoms with Gasteiger partial charge >= 0.3 is 6.09 Å². The van der Waals surface area contributed by atoms with Crippen LogP contribution < -0.4 is 10.1 Å². The Bertz CT molecular complexity index is 846. The topological polar surface area (TPSA) is 88.2 Å². The molecule has 1 N–H and O–H groups in total. The van der Waals surface area contributed by atoms with Gasteiger partial charge < -0.3 is 24.6 Å². The summed E-state index contributed by atoms with van der Waals surface area (Å²) in [6.07, 6.45) is 4.26. The van der Waals surface area contributed by atoms with Crippen molar-refractivity contribution in [2.45, 2.75) is 90.4 Å². The van der Waals surface area contributed by atoms with Crippen molar-refractivity contribution in [2.75, 3.05) is 19.7 Å². The fraction of sp³-hybridized carbons (Fsp3) is 0.654. The average molecular weight is 474 g/mol. The molecule has 2 aliphatic heterocycles. The number of nitrogens with one attached hydrogen (secondary N) is 1. The third kappa shape index (κ3) is 7.11. The van der Waals surface area contributed by atoms with Crippen LogP contribution in [-0.2, 0) is 9.53 Å². The number of amides is 3. The highest BCUT2D eigenvalue weighted by atomic mass is 16.6. The number of likely N-dealkylation sites (tertiary alicyclic amines) is 2. The molecule has 1 aromatic carbocycles. The maximum atomic E-state index is 12.7. The van der Waals surface area contributed by atoms with Gasteiger partial charge in [0.2, 0.25) is 0 Å². The van der Waals surface area contributed by atoms with Crippen LogP contribution >= 0.6 is 0 Å². The second-order valence-electron chi connectivity index (χ2n) is 10.5. The Morgan fingerprint density at radius 2 is 1.56 bits per heavy atom. The second-order valence-corrected chi connectivity index (χ2v) is 10.5. The van der Waals surface area contributed by atoms with E-state index in [0.29, 0.717) is 37.2 Å². The molecule has 8 heteroatoms. The van der Waals surface area contributed by atoms with Crippen LogP contribution in [0.5, 0.6) is 5.75 Å². The minimum atomic E-state index is -0.518. The van der Waals surface area contributed by atoms with Gasteiger partial charge in [0.1, 0.15) is 11.4 Å². The SMILES string of the molecule is CC1CCCC(C)N1C(=O)COc1ccc(C(=O)NC2CCN(C(=O)OC(C)(C)C)CC2)cc1. The Balaban J connectivity index is 1.44. The summed E-state index contributed by atoms with van der Waals surface area (Å²) in [7, 11) is 0. The maximum absolute atomic E-state index is 12.7. The molecule has 1 aromatic rings. The molecule has 0 saturated carbocycles. The molecule has 0 bridgehead atoms.